The highest BCUT2D eigenvalue weighted by molar-refractivity contribution is 5.66. The molecular formula is C15H31NO2. The molecule has 0 fully saturated rings. The summed E-state index contributed by atoms with van der Waals surface area (Å²) >= 11 is 0. The van der Waals surface area contributed by atoms with E-state index in [1.54, 1.807) is 0 Å². The van der Waals surface area contributed by atoms with Crippen LogP contribution < -0.4 is 5.73 Å². The molecular weight excluding hydrogens is 226 g/mol. The van der Waals surface area contributed by atoms with Crippen LogP contribution in [0.15, 0.2) is 0 Å². The number of carboxylic acids is 1. The second kappa shape index (κ2) is 12.9. The van der Waals surface area contributed by atoms with Crippen LogP contribution in [0.4, 0.5) is 0 Å². The molecule has 0 aliphatic rings. The average molecular weight is 257 g/mol. The molecule has 0 radical (unpaired) electrons. The zero-order valence-electron chi connectivity index (χ0n) is 12.0. The lowest BCUT2D eigenvalue weighted by molar-refractivity contribution is -0.137. The summed E-state index contributed by atoms with van der Waals surface area (Å²) in [6, 6.07) is 0. The normalized spacial score (nSPS) is 12.6. The number of carbonyl (C=O) groups is 1. The van der Waals surface area contributed by atoms with Crippen molar-refractivity contribution in [2.45, 2.75) is 77.6 Å². The molecule has 0 aliphatic carbocycles. The third kappa shape index (κ3) is 11.9. The molecule has 0 amide bonds. The first-order valence-electron chi connectivity index (χ1n) is 7.62. The van der Waals surface area contributed by atoms with Gasteiger partial charge in [-0.3, -0.25) is 4.79 Å². The molecule has 0 rings (SSSR count). The Bertz CT molecular complexity index is 191. The molecule has 3 heteroatoms. The van der Waals surface area contributed by atoms with Crippen molar-refractivity contribution in [1.29, 1.82) is 0 Å². The summed E-state index contributed by atoms with van der Waals surface area (Å²) in [4.78, 5) is 10.3. The van der Waals surface area contributed by atoms with Crippen LogP contribution in [-0.4, -0.2) is 17.6 Å². The molecule has 3 N–H and O–H groups in total. The van der Waals surface area contributed by atoms with Crippen molar-refractivity contribution in [3.05, 3.63) is 0 Å². The van der Waals surface area contributed by atoms with Crippen molar-refractivity contribution in [3.8, 4) is 0 Å². The fourth-order valence-electron chi connectivity index (χ4n) is 2.26. The van der Waals surface area contributed by atoms with Gasteiger partial charge in [0.2, 0.25) is 0 Å². The van der Waals surface area contributed by atoms with E-state index in [9.17, 15) is 4.79 Å². The Morgan fingerprint density at radius 2 is 1.50 bits per heavy atom. The van der Waals surface area contributed by atoms with Gasteiger partial charge < -0.3 is 10.8 Å². The second-order valence-electron chi connectivity index (χ2n) is 5.27. The van der Waals surface area contributed by atoms with Gasteiger partial charge in [0.1, 0.15) is 0 Å². The highest BCUT2D eigenvalue weighted by Gasteiger charge is 2.02. The minimum Gasteiger partial charge on any atom is -0.481 e. The largest absolute Gasteiger partial charge is 0.481 e. The first kappa shape index (κ1) is 17.4. The number of unbranched alkanes of at least 4 members (excludes halogenated alkanes) is 7. The topological polar surface area (TPSA) is 63.3 Å². The summed E-state index contributed by atoms with van der Waals surface area (Å²) in [7, 11) is 0. The molecule has 0 saturated heterocycles. The van der Waals surface area contributed by atoms with E-state index in [4.69, 9.17) is 10.8 Å². The molecule has 0 saturated carbocycles. The Labute approximate surface area is 112 Å². The van der Waals surface area contributed by atoms with Gasteiger partial charge in [0.25, 0.3) is 0 Å². The van der Waals surface area contributed by atoms with E-state index >= 15 is 0 Å². The molecule has 1 atom stereocenters. The van der Waals surface area contributed by atoms with Crippen LogP contribution in [0.5, 0.6) is 0 Å². The fraction of sp³-hybridized carbons (Fsp3) is 0.933. The van der Waals surface area contributed by atoms with Crippen LogP contribution in [0, 0.1) is 5.92 Å². The van der Waals surface area contributed by atoms with Crippen LogP contribution >= 0.6 is 0 Å². The summed E-state index contributed by atoms with van der Waals surface area (Å²) in [6.45, 7) is 3.05. The molecule has 0 aromatic heterocycles. The van der Waals surface area contributed by atoms with Crippen molar-refractivity contribution >= 4 is 5.97 Å². The Morgan fingerprint density at radius 3 is 1.94 bits per heavy atom. The Hall–Kier alpha value is -0.570. The van der Waals surface area contributed by atoms with E-state index in [1.165, 1.54) is 51.4 Å². The van der Waals surface area contributed by atoms with E-state index in [1.807, 2.05) is 0 Å². The fourth-order valence-corrected chi connectivity index (χ4v) is 2.26. The van der Waals surface area contributed by atoms with Crippen molar-refractivity contribution in [2.24, 2.45) is 11.7 Å². The molecule has 0 heterocycles. The standard InChI is InChI=1S/C15H31NO2/c1-2-14(13-16)11-9-7-5-3-4-6-8-10-12-15(17)18/h14H,2-13,16H2,1H3,(H,17,18). The predicted molar refractivity (Wildman–Crippen MR) is 76.6 cm³/mol. The van der Waals surface area contributed by atoms with Crippen LogP contribution in [0.2, 0.25) is 0 Å². The average Bonchev–Trinajstić information content (AvgIpc) is 2.36. The predicted octanol–water partition coefficient (Wildman–Crippen LogP) is 3.96. The van der Waals surface area contributed by atoms with E-state index in [-0.39, 0.29) is 0 Å². The minimum atomic E-state index is -0.666. The van der Waals surface area contributed by atoms with Gasteiger partial charge in [-0.2, -0.15) is 0 Å². The van der Waals surface area contributed by atoms with E-state index in [2.05, 4.69) is 6.92 Å². The van der Waals surface area contributed by atoms with E-state index < -0.39 is 5.97 Å². The Balaban J connectivity index is 3.09. The number of rotatable bonds is 13. The quantitative estimate of drug-likeness (QED) is 0.491. The van der Waals surface area contributed by atoms with Gasteiger partial charge in [-0.05, 0) is 25.3 Å². The SMILES string of the molecule is CCC(CN)CCCCCCCCCCC(=O)O. The van der Waals surface area contributed by atoms with Crippen molar-refractivity contribution in [3.63, 3.8) is 0 Å². The minimum absolute atomic E-state index is 0.331. The molecule has 0 aromatic rings. The number of aliphatic carboxylic acids is 1. The first-order valence-corrected chi connectivity index (χ1v) is 7.62. The van der Waals surface area contributed by atoms with Crippen LogP contribution in [0.1, 0.15) is 77.6 Å². The third-order valence-corrected chi connectivity index (χ3v) is 3.66. The highest BCUT2D eigenvalue weighted by atomic mass is 16.4. The highest BCUT2D eigenvalue weighted by Crippen LogP contribution is 2.14. The lowest BCUT2D eigenvalue weighted by Gasteiger charge is -2.11. The third-order valence-electron chi connectivity index (χ3n) is 3.66. The monoisotopic (exact) mass is 257 g/mol. The number of hydrogen-bond donors (Lipinski definition) is 2. The summed E-state index contributed by atoms with van der Waals surface area (Å²) in [5, 5.41) is 8.49. The Morgan fingerprint density at radius 1 is 1.00 bits per heavy atom. The van der Waals surface area contributed by atoms with Gasteiger partial charge in [-0.25, -0.2) is 0 Å². The smallest absolute Gasteiger partial charge is 0.303 e. The molecule has 18 heavy (non-hydrogen) atoms. The number of carboxylic acid groups (broad SMARTS) is 1. The van der Waals surface area contributed by atoms with E-state index in [0.29, 0.717) is 6.42 Å². The molecule has 0 aliphatic heterocycles. The van der Waals surface area contributed by atoms with Gasteiger partial charge in [-0.15, -0.1) is 0 Å². The van der Waals surface area contributed by atoms with Crippen molar-refractivity contribution < 1.29 is 9.90 Å². The maximum Gasteiger partial charge on any atom is 0.303 e. The second-order valence-corrected chi connectivity index (χ2v) is 5.27. The maximum absolute atomic E-state index is 10.3. The summed E-state index contributed by atoms with van der Waals surface area (Å²) < 4.78 is 0. The van der Waals surface area contributed by atoms with Crippen molar-refractivity contribution in [1.82, 2.24) is 0 Å². The summed E-state index contributed by atoms with van der Waals surface area (Å²) in [5.41, 5.74) is 5.67. The molecule has 0 bridgehead atoms. The lowest BCUT2D eigenvalue weighted by atomic mass is 9.98. The number of nitrogens with two attached hydrogens (primary N) is 1. The summed E-state index contributed by atoms with van der Waals surface area (Å²) in [6.07, 6.45) is 12.4. The van der Waals surface area contributed by atoms with Gasteiger partial charge >= 0.3 is 5.97 Å². The number of hydrogen-bond acceptors (Lipinski definition) is 2. The molecule has 0 spiro atoms. The first-order chi connectivity index (χ1) is 8.70. The van der Waals surface area contributed by atoms with Crippen LogP contribution in [0.3, 0.4) is 0 Å². The lowest BCUT2D eigenvalue weighted by Crippen LogP contribution is -2.13. The molecule has 108 valence electrons. The summed E-state index contributed by atoms with van der Waals surface area (Å²) in [5.74, 6) is 0.0569. The zero-order chi connectivity index (χ0) is 13.6. The zero-order valence-corrected chi connectivity index (χ0v) is 12.0. The van der Waals surface area contributed by atoms with Gasteiger partial charge in [0.15, 0.2) is 0 Å². The van der Waals surface area contributed by atoms with E-state index in [0.717, 1.165) is 25.3 Å². The van der Waals surface area contributed by atoms with Gasteiger partial charge in [-0.1, -0.05) is 58.3 Å². The van der Waals surface area contributed by atoms with Crippen LogP contribution in [-0.2, 0) is 4.79 Å². The maximum atomic E-state index is 10.3. The van der Waals surface area contributed by atoms with Gasteiger partial charge in [0, 0.05) is 6.42 Å². The van der Waals surface area contributed by atoms with Crippen molar-refractivity contribution in [2.75, 3.05) is 6.54 Å². The molecule has 0 aromatic carbocycles. The molecule has 1 unspecified atom stereocenters. The molecule has 3 nitrogen and oxygen atoms in total. The Kier molecular flexibility index (Phi) is 12.5. The van der Waals surface area contributed by atoms with Gasteiger partial charge in [0.05, 0.1) is 0 Å². The van der Waals surface area contributed by atoms with Crippen LogP contribution in [0.25, 0.3) is 0 Å².